The molecule has 0 bridgehead atoms. The molecule has 34 heavy (non-hydrogen) atoms. The van der Waals surface area contributed by atoms with Crippen LogP contribution in [0.2, 0.25) is 0 Å². The summed E-state index contributed by atoms with van der Waals surface area (Å²) in [6, 6.07) is 0. The number of nitrogens with one attached hydrogen (secondary N) is 1. The van der Waals surface area contributed by atoms with Crippen LogP contribution in [-0.2, 0) is 24.0 Å². The van der Waals surface area contributed by atoms with Crippen molar-refractivity contribution in [1.29, 1.82) is 0 Å². The Morgan fingerprint density at radius 3 is 2.65 bits per heavy atom. The molecule has 12 heteroatoms. The number of imidazole rings is 1. The Kier molecular flexibility index (Phi) is 4.51. The van der Waals surface area contributed by atoms with Crippen LogP contribution < -0.4 is 5.32 Å². The van der Waals surface area contributed by atoms with Gasteiger partial charge in [0, 0.05) is 25.0 Å². The maximum absolute atomic E-state index is 13.6. The number of hydrogen-bond donors (Lipinski definition) is 1. The molecule has 5 heterocycles. The molecule has 1 unspecified atom stereocenters. The number of rotatable bonds is 4. The molecule has 9 nitrogen and oxygen atoms in total. The monoisotopic (exact) mass is 476 g/mol. The zero-order chi connectivity index (χ0) is 23.8. The van der Waals surface area contributed by atoms with E-state index < -0.39 is 18.1 Å². The van der Waals surface area contributed by atoms with Gasteiger partial charge in [-0.05, 0) is 26.7 Å². The SMILES string of the molecule is Cc1nc(NC2(C)CC2)c2c(C(=O)N3CCn4c(C(F)(F)F)nc(C5CCO5)c4C3)coc2n1. The predicted octanol–water partition coefficient (Wildman–Crippen LogP) is 3.83. The summed E-state index contributed by atoms with van der Waals surface area (Å²) in [4.78, 5) is 27.8. The van der Waals surface area contributed by atoms with Gasteiger partial charge in [0.1, 0.15) is 24.0 Å². The smallest absolute Gasteiger partial charge is 0.445 e. The molecular formula is C22H23F3N6O3. The third-order valence-corrected chi connectivity index (χ3v) is 6.78. The molecule has 2 fully saturated rings. The van der Waals surface area contributed by atoms with Crippen LogP contribution in [0.25, 0.3) is 11.1 Å². The number of carbonyl (C=O) groups excluding carboxylic acids is 1. The van der Waals surface area contributed by atoms with Crippen molar-refractivity contribution >= 4 is 22.8 Å². The van der Waals surface area contributed by atoms with Crippen molar-refractivity contribution in [3.8, 4) is 0 Å². The van der Waals surface area contributed by atoms with Crippen molar-refractivity contribution in [2.75, 3.05) is 18.5 Å². The van der Waals surface area contributed by atoms with Crippen molar-refractivity contribution in [2.24, 2.45) is 0 Å². The van der Waals surface area contributed by atoms with Gasteiger partial charge in [0.05, 0.1) is 35.5 Å². The van der Waals surface area contributed by atoms with Crippen molar-refractivity contribution in [2.45, 2.75) is 64.0 Å². The van der Waals surface area contributed by atoms with Crippen LogP contribution in [0.4, 0.5) is 19.0 Å². The first-order chi connectivity index (χ1) is 16.1. The van der Waals surface area contributed by atoms with Crippen LogP contribution in [0.15, 0.2) is 10.7 Å². The summed E-state index contributed by atoms with van der Waals surface area (Å²) in [6.07, 6.45) is -1.13. The average molecular weight is 476 g/mol. The summed E-state index contributed by atoms with van der Waals surface area (Å²) in [5.74, 6) is -0.248. The van der Waals surface area contributed by atoms with Crippen LogP contribution >= 0.6 is 0 Å². The fourth-order valence-electron chi connectivity index (χ4n) is 4.56. The highest BCUT2D eigenvalue weighted by Crippen LogP contribution is 2.41. The van der Waals surface area contributed by atoms with Gasteiger partial charge in [-0.1, -0.05) is 0 Å². The van der Waals surface area contributed by atoms with E-state index in [9.17, 15) is 18.0 Å². The second kappa shape index (κ2) is 7.17. The Morgan fingerprint density at radius 2 is 2.00 bits per heavy atom. The second-order valence-corrected chi connectivity index (χ2v) is 9.43. The maximum atomic E-state index is 13.6. The summed E-state index contributed by atoms with van der Waals surface area (Å²) in [5, 5.41) is 3.89. The van der Waals surface area contributed by atoms with Crippen molar-refractivity contribution < 1.29 is 27.1 Å². The van der Waals surface area contributed by atoms with E-state index in [1.165, 1.54) is 15.7 Å². The van der Waals surface area contributed by atoms with Gasteiger partial charge in [0.25, 0.3) is 5.91 Å². The Labute approximate surface area is 192 Å². The molecule has 3 aromatic rings. The quantitative estimate of drug-likeness (QED) is 0.611. The van der Waals surface area contributed by atoms with E-state index in [-0.39, 0.29) is 42.3 Å². The summed E-state index contributed by atoms with van der Waals surface area (Å²) < 4.78 is 53.0. The van der Waals surface area contributed by atoms with E-state index in [4.69, 9.17) is 9.15 Å². The lowest BCUT2D eigenvalue weighted by Gasteiger charge is -2.32. The molecule has 1 amide bonds. The first-order valence-electron chi connectivity index (χ1n) is 11.2. The summed E-state index contributed by atoms with van der Waals surface area (Å²) in [7, 11) is 0. The average Bonchev–Trinajstić information content (AvgIpc) is 3.15. The fraction of sp³-hybridized carbons (Fsp3) is 0.545. The van der Waals surface area contributed by atoms with Crippen LogP contribution in [0.3, 0.4) is 0 Å². The van der Waals surface area contributed by atoms with Crippen molar-refractivity contribution in [3.05, 3.63) is 34.9 Å². The Balaban J connectivity index is 1.36. The lowest BCUT2D eigenvalue weighted by atomic mass is 10.1. The highest BCUT2D eigenvalue weighted by atomic mass is 19.4. The minimum atomic E-state index is -4.58. The Morgan fingerprint density at radius 1 is 1.24 bits per heavy atom. The highest BCUT2D eigenvalue weighted by molar-refractivity contribution is 6.09. The van der Waals surface area contributed by atoms with E-state index in [0.29, 0.717) is 41.5 Å². The number of anilines is 1. The summed E-state index contributed by atoms with van der Waals surface area (Å²) in [6.45, 7) is 4.40. The minimum Gasteiger partial charge on any atom is -0.445 e. The van der Waals surface area contributed by atoms with Gasteiger partial charge in [-0.3, -0.25) is 4.79 Å². The topological polar surface area (TPSA) is 98.3 Å². The molecule has 0 aromatic carbocycles. The van der Waals surface area contributed by atoms with E-state index in [2.05, 4.69) is 27.2 Å². The molecule has 3 aromatic heterocycles. The molecule has 6 rings (SSSR count). The number of carbonyl (C=O) groups is 1. The number of hydrogen-bond acceptors (Lipinski definition) is 7. The van der Waals surface area contributed by atoms with Gasteiger partial charge in [0.2, 0.25) is 11.5 Å². The normalized spacial score (nSPS) is 21.3. The standard InChI is InChI=1S/C22H23F3N6O3/c1-11-26-17(29-21(2)4-5-21)15-12(10-34-18(15)27-11)19(32)30-6-7-31-13(9-30)16(14-3-8-33-14)28-20(31)22(23,24)25/h10,14H,3-9H2,1-2H3,(H,26,27,29). The van der Waals surface area contributed by atoms with Gasteiger partial charge in [-0.25, -0.2) is 9.97 Å². The predicted molar refractivity (Wildman–Crippen MR) is 113 cm³/mol. The van der Waals surface area contributed by atoms with E-state index >= 15 is 0 Å². The van der Waals surface area contributed by atoms with Gasteiger partial charge in [-0.2, -0.15) is 18.2 Å². The molecule has 2 aliphatic heterocycles. The second-order valence-electron chi connectivity index (χ2n) is 9.43. The number of nitrogens with zero attached hydrogens (tertiary/aromatic N) is 5. The number of fused-ring (bicyclic) bond motifs is 2. The Hall–Kier alpha value is -3.15. The third kappa shape index (κ3) is 3.42. The van der Waals surface area contributed by atoms with Gasteiger partial charge < -0.3 is 23.9 Å². The first-order valence-corrected chi connectivity index (χ1v) is 11.2. The van der Waals surface area contributed by atoms with Crippen LogP contribution in [0.5, 0.6) is 0 Å². The van der Waals surface area contributed by atoms with Crippen molar-refractivity contribution in [3.63, 3.8) is 0 Å². The summed E-state index contributed by atoms with van der Waals surface area (Å²) in [5.41, 5.74) is 1.12. The van der Waals surface area contributed by atoms with Crippen LogP contribution in [0, 0.1) is 6.92 Å². The molecule has 0 radical (unpaired) electrons. The molecule has 3 aliphatic rings. The number of halogens is 3. The molecule has 1 atom stereocenters. The zero-order valence-corrected chi connectivity index (χ0v) is 18.7. The zero-order valence-electron chi connectivity index (χ0n) is 18.7. The highest BCUT2D eigenvalue weighted by Gasteiger charge is 2.43. The van der Waals surface area contributed by atoms with Crippen LogP contribution in [0.1, 0.15) is 65.7 Å². The number of aryl methyl sites for hydroxylation is 1. The van der Waals surface area contributed by atoms with Gasteiger partial charge in [-0.15, -0.1) is 0 Å². The van der Waals surface area contributed by atoms with E-state index in [1.54, 1.807) is 6.92 Å². The lowest BCUT2D eigenvalue weighted by Crippen LogP contribution is -2.39. The Bertz CT molecular complexity index is 1310. The molecule has 180 valence electrons. The molecule has 0 spiro atoms. The van der Waals surface area contributed by atoms with Crippen molar-refractivity contribution in [1.82, 2.24) is 24.4 Å². The number of aromatic nitrogens is 4. The third-order valence-electron chi connectivity index (χ3n) is 6.78. The lowest BCUT2D eigenvalue weighted by molar-refractivity contribution is -0.147. The number of furan rings is 1. The van der Waals surface area contributed by atoms with Gasteiger partial charge >= 0.3 is 6.18 Å². The molecular weight excluding hydrogens is 453 g/mol. The largest absolute Gasteiger partial charge is 0.449 e. The van der Waals surface area contributed by atoms with E-state index in [0.717, 1.165) is 12.8 Å². The molecule has 1 saturated heterocycles. The minimum absolute atomic E-state index is 0.00300. The molecule has 1 saturated carbocycles. The van der Waals surface area contributed by atoms with E-state index in [1.807, 2.05) is 0 Å². The first kappa shape index (κ1) is 21.4. The van der Waals surface area contributed by atoms with Gasteiger partial charge in [0.15, 0.2) is 0 Å². The number of amides is 1. The molecule has 1 aliphatic carbocycles. The van der Waals surface area contributed by atoms with Crippen LogP contribution in [-0.4, -0.2) is 49.0 Å². The maximum Gasteiger partial charge on any atom is 0.449 e. The summed E-state index contributed by atoms with van der Waals surface area (Å²) >= 11 is 0. The molecule has 1 N–H and O–H groups in total. The number of alkyl halides is 3. The number of ether oxygens (including phenoxy) is 1. The fourth-order valence-corrected chi connectivity index (χ4v) is 4.56.